The molecule has 0 saturated carbocycles. The van der Waals surface area contributed by atoms with E-state index in [0.29, 0.717) is 0 Å². The third-order valence-corrected chi connectivity index (χ3v) is 2.59. The fraction of sp³-hybridized carbons (Fsp3) is 0. The molecule has 0 spiro atoms. The standard InChI is InChI=1S/C7HCl3F2O2/c8-2-1(7(13)14)5(11)3(9)4(10)6(2)12/h(H,13,14). The maximum atomic E-state index is 13.1. The van der Waals surface area contributed by atoms with Crippen LogP contribution in [-0.2, 0) is 0 Å². The zero-order valence-electron chi connectivity index (χ0n) is 6.25. The minimum Gasteiger partial charge on any atom is -0.478 e. The number of hydrogen-bond acceptors (Lipinski definition) is 1. The van der Waals surface area contributed by atoms with Gasteiger partial charge in [0.25, 0.3) is 0 Å². The van der Waals surface area contributed by atoms with E-state index in [4.69, 9.17) is 39.9 Å². The summed E-state index contributed by atoms with van der Waals surface area (Å²) in [5.41, 5.74) is -1.03. The minimum absolute atomic E-state index is 0.737. The lowest BCUT2D eigenvalue weighted by Crippen LogP contribution is -2.05. The molecule has 0 bridgehead atoms. The van der Waals surface area contributed by atoms with Gasteiger partial charge in [-0.3, -0.25) is 0 Å². The highest BCUT2D eigenvalue weighted by molar-refractivity contribution is 6.44. The zero-order valence-corrected chi connectivity index (χ0v) is 8.51. The summed E-state index contributed by atoms with van der Waals surface area (Å²) < 4.78 is 26.1. The van der Waals surface area contributed by atoms with Crippen LogP contribution >= 0.6 is 34.8 Å². The number of carboxylic acids is 1. The van der Waals surface area contributed by atoms with Crippen molar-refractivity contribution in [3.8, 4) is 0 Å². The number of halogens is 5. The van der Waals surface area contributed by atoms with Crippen LogP contribution in [0.4, 0.5) is 8.78 Å². The van der Waals surface area contributed by atoms with Gasteiger partial charge in [0.1, 0.15) is 5.56 Å². The highest BCUT2D eigenvalue weighted by atomic mass is 35.5. The largest absolute Gasteiger partial charge is 0.478 e. The molecular formula is C7HCl3F2O2. The summed E-state index contributed by atoms with van der Waals surface area (Å²) in [5, 5.41) is 6.06. The SMILES string of the molecule is O=C(O)c1c(F)c(Cl)c(Cl)c(F)c1Cl. The highest BCUT2D eigenvalue weighted by Gasteiger charge is 2.25. The van der Waals surface area contributed by atoms with Gasteiger partial charge >= 0.3 is 5.97 Å². The van der Waals surface area contributed by atoms with Crippen LogP contribution in [0.1, 0.15) is 10.4 Å². The number of aromatic carboxylic acids is 1. The van der Waals surface area contributed by atoms with Crippen LogP contribution in [-0.4, -0.2) is 11.1 Å². The summed E-state index contributed by atoms with van der Waals surface area (Å²) >= 11 is 15.7. The second-order valence-electron chi connectivity index (χ2n) is 2.25. The lowest BCUT2D eigenvalue weighted by Gasteiger charge is -2.06. The van der Waals surface area contributed by atoms with Crippen LogP contribution in [0.2, 0.25) is 15.1 Å². The lowest BCUT2D eigenvalue weighted by molar-refractivity contribution is 0.0691. The van der Waals surface area contributed by atoms with Crippen LogP contribution in [0.3, 0.4) is 0 Å². The molecule has 1 rings (SSSR count). The van der Waals surface area contributed by atoms with E-state index in [9.17, 15) is 13.6 Å². The van der Waals surface area contributed by atoms with E-state index in [0.717, 1.165) is 0 Å². The molecule has 1 aromatic rings. The summed E-state index contributed by atoms with van der Waals surface area (Å²) in [4.78, 5) is 10.5. The number of rotatable bonds is 1. The second kappa shape index (κ2) is 3.88. The number of benzene rings is 1. The molecule has 0 atom stereocenters. The zero-order chi connectivity index (χ0) is 11.0. The summed E-state index contributed by atoms with van der Waals surface area (Å²) in [6.45, 7) is 0. The Labute approximate surface area is 92.0 Å². The molecule has 0 amide bonds. The smallest absolute Gasteiger partial charge is 0.340 e. The number of carboxylic acid groups (broad SMARTS) is 1. The Hall–Kier alpha value is -0.580. The molecule has 7 heteroatoms. The Morgan fingerprint density at radius 3 is 1.86 bits per heavy atom. The molecule has 0 aliphatic rings. The molecule has 76 valence electrons. The first-order chi connectivity index (χ1) is 6.37. The highest BCUT2D eigenvalue weighted by Crippen LogP contribution is 2.35. The van der Waals surface area contributed by atoms with Crippen molar-refractivity contribution in [3.05, 3.63) is 32.3 Å². The quantitative estimate of drug-likeness (QED) is 0.619. The van der Waals surface area contributed by atoms with E-state index in [-0.39, 0.29) is 0 Å². The first-order valence-corrected chi connectivity index (χ1v) is 4.26. The van der Waals surface area contributed by atoms with Crippen LogP contribution < -0.4 is 0 Å². The van der Waals surface area contributed by atoms with Crippen molar-refractivity contribution in [3.63, 3.8) is 0 Å². The summed E-state index contributed by atoms with van der Waals surface area (Å²) in [7, 11) is 0. The Morgan fingerprint density at radius 1 is 1.00 bits per heavy atom. The van der Waals surface area contributed by atoms with Crippen molar-refractivity contribution < 1.29 is 18.7 Å². The fourth-order valence-corrected chi connectivity index (χ4v) is 1.45. The van der Waals surface area contributed by atoms with Crippen LogP contribution in [0.25, 0.3) is 0 Å². The molecule has 2 nitrogen and oxygen atoms in total. The fourth-order valence-electron chi connectivity index (χ4n) is 0.793. The molecule has 14 heavy (non-hydrogen) atoms. The van der Waals surface area contributed by atoms with Gasteiger partial charge in [-0.2, -0.15) is 0 Å². The Kier molecular flexibility index (Phi) is 3.19. The van der Waals surface area contributed by atoms with Gasteiger partial charge in [-0.05, 0) is 0 Å². The second-order valence-corrected chi connectivity index (χ2v) is 3.38. The Bertz CT molecular complexity index is 391. The van der Waals surface area contributed by atoms with Gasteiger partial charge in [0.15, 0.2) is 11.6 Å². The average Bonchev–Trinajstić information content (AvgIpc) is 2.11. The van der Waals surface area contributed by atoms with E-state index >= 15 is 0 Å². The molecule has 0 fully saturated rings. The van der Waals surface area contributed by atoms with Crippen molar-refractivity contribution >= 4 is 40.8 Å². The molecule has 0 aliphatic carbocycles. The van der Waals surface area contributed by atoms with E-state index in [1.807, 2.05) is 0 Å². The Morgan fingerprint density at radius 2 is 1.43 bits per heavy atom. The van der Waals surface area contributed by atoms with E-state index in [1.165, 1.54) is 0 Å². The van der Waals surface area contributed by atoms with Gasteiger partial charge in [0, 0.05) is 0 Å². The molecular weight excluding hydrogens is 260 g/mol. The normalized spacial score (nSPS) is 10.4. The molecule has 1 N–H and O–H groups in total. The molecule has 0 saturated heterocycles. The molecule has 0 aliphatic heterocycles. The summed E-state index contributed by atoms with van der Waals surface area (Å²) in [5.74, 6) is -4.32. The van der Waals surface area contributed by atoms with Crippen LogP contribution in [0, 0.1) is 11.6 Å². The first-order valence-electron chi connectivity index (χ1n) is 3.12. The predicted octanol–water partition coefficient (Wildman–Crippen LogP) is 3.62. The van der Waals surface area contributed by atoms with Crippen LogP contribution in [0.15, 0.2) is 0 Å². The topological polar surface area (TPSA) is 37.3 Å². The predicted molar refractivity (Wildman–Crippen MR) is 48.3 cm³/mol. The van der Waals surface area contributed by atoms with E-state index < -0.39 is 38.2 Å². The monoisotopic (exact) mass is 260 g/mol. The van der Waals surface area contributed by atoms with Gasteiger partial charge < -0.3 is 5.11 Å². The lowest BCUT2D eigenvalue weighted by atomic mass is 10.2. The number of hydrogen-bond donors (Lipinski definition) is 1. The van der Waals surface area contributed by atoms with Crippen molar-refractivity contribution in [2.24, 2.45) is 0 Å². The van der Waals surface area contributed by atoms with Gasteiger partial charge in [0.2, 0.25) is 0 Å². The van der Waals surface area contributed by atoms with E-state index in [2.05, 4.69) is 0 Å². The molecule has 0 radical (unpaired) electrons. The van der Waals surface area contributed by atoms with Crippen LogP contribution in [0.5, 0.6) is 0 Å². The molecule has 1 aromatic carbocycles. The van der Waals surface area contributed by atoms with Crippen molar-refractivity contribution in [2.75, 3.05) is 0 Å². The van der Waals surface area contributed by atoms with Gasteiger partial charge in [-0.1, -0.05) is 34.8 Å². The van der Waals surface area contributed by atoms with Gasteiger partial charge in [-0.25, -0.2) is 13.6 Å². The maximum Gasteiger partial charge on any atom is 0.340 e. The molecule has 0 unspecified atom stereocenters. The minimum atomic E-state index is -1.72. The first kappa shape index (κ1) is 11.5. The van der Waals surface area contributed by atoms with Crippen molar-refractivity contribution in [1.82, 2.24) is 0 Å². The van der Waals surface area contributed by atoms with Crippen molar-refractivity contribution in [2.45, 2.75) is 0 Å². The van der Waals surface area contributed by atoms with Gasteiger partial charge in [-0.15, -0.1) is 0 Å². The molecule has 0 heterocycles. The van der Waals surface area contributed by atoms with E-state index in [1.54, 1.807) is 0 Å². The third kappa shape index (κ3) is 1.65. The van der Waals surface area contributed by atoms with Gasteiger partial charge in [0.05, 0.1) is 15.1 Å². The summed E-state index contributed by atoms with van der Waals surface area (Å²) in [6, 6.07) is 0. The summed E-state index contributed by atoms with van der Waals surface area (Å²) in [6.07, 6.45) is 0. The third-order valence-electron chi connectivity index (χ3n) is 1.42. The molecule has 0 aromatic heterocycles. The van der Waals surface area contributed by atoms with Crippen molar-refractivity contribution in [1.29, 1.82) is 0 Å². The average molecular weight is 261 g/mol. The number of carbonyl (C=O) groups is 1. The Balaban J connectivity index is 3.68. The maximum absolute atomic E-state index is 13.1.